The summed E-state index contributed by atoms with van der Waals surface area (Å²) in [6.07, 6.45) is 1.64. The number of hydrogen-bond donors (Lipinski definition) is 1. The molecule has 0 bridgehead atoms. The Morgan fingerprint density at radius 1 is 1.20 bits per heavy atom. The van der Waals surface area contributed by atoms with Crippen molar-refractivity contribution in [2.75, 3.05) is 12.9 Å². The summed E-state index contributed by atoms with van der Waals surface area (Å²) >= 11 is 1.31. The Morgan fingerprint density at radius 2 is 2.04 bits per heavy atom. The minimum Gasteiger partial charge on any atom is -0.497 e. The van der Waals surface area contributed by atoms with Crippen molar-refractivity contribution in [3.63, 3.8) is 0 Å². The Hall–Kier alpha value is -2.80. The SMILES string of the molecule is COc1cccc(CNC(=O)CSc2ncn(-c3ccccc3)n2)c1. The predicted molar refractivity (Wildman–Crippen MR) is 96.9 cm³/mol. The van der Waals surface area contributed by atoms with Crippen molar-refractivity contribution >= 4 is 17.7 Å². The van der Waals surface area contributed by atoms with Gasteiger partial charge in [-0.2, -0.15) is 0 Å². The van der Waals surface area contributed by atoms with Crippen LogP contribution >= 0.6 is 11.8 Å². The molecule has 0 unspecified atom stereocenters. The van der Waals surface area contributed by atoms with E-state index in [-0.39, 0.29) is 11.7 Å². The molecule has 25 heavy (non-hydrogen) atoms. The van der Waals surface area contributed by atoms with E-state index >= 15 is 0 Å². The van der Waals surface area contributed by atoms with E-state index in [1.807, 2.05) is 54.6 Å². The van der Waals surface area contributed by atoms with Crippen molar-refractivity contribution in [2.45, 2.75) is 11.7 Å². The van der Waals surface area contributed by atoms with E-state index in [0.717, 1.165) is 17.0 Å². The lowest BCUT2D eigenvalue weighted by Crippen LogP contribution is -2.24. The number of ether oxygens (including phenoxy) is 1. The predicted octanol–water partition coefficient (Wildman–Crippen LogP) is 2.68. The topological polar surface area (TPSA) is 69.0 Å². The van der Waals surface area contributed by atoms with Crippen LogP contribution in [0.25, 0.3) is 5.69 Å². The number of thioether (sulfide) groups is 1. The second kappa shape index (κ2) is 8.34. The molecule has 3 rings (SSSR count). The molecule has 0 fully saturated rings. The summed E-state index contributed by atoms with van der Waals surface area (Å²) in [6, 6.07) is 17.3. The van der Waals surface area contributed by atoms with Crippen LogP contribution in [-0.4, -0.2) is 33.5 Å². The van der Waals surface area contributed by atoms with Gasteiger partial charge in [0.1, 0.15) is 12.1 Å². The Labute approximate surface area is 150 Å². The minimum absolute atomic E-state index is 0.0659. The van der Waals surface area contributed by atoms with E-state index in [1.54, 1.807) is 18.1 Å². The summed E-state index contributed by atoms with van der Waals surface area (Å²) in [5.74, 6) is 0.976. The molecule has 128 valence electrons. The van der Waals surface area contributed by atoms with Crippen molar-refractivity contribution in [3.8, 4) is 11.4 Å². The van der Waals surface area contributed by atoms with Crippen molar-refractivity contribution in [1.82, 2.24) is 20.1 Å². The second-order valence-electron chi connectivity index (χ2n) is 5.22. The molecule has 0 spiro atoms. The van der Waals surface area contributed by atoms with Gasteiger partial charge in [0.15, 0.2) is 0 Å². The first-order valence-corrected chi connectivity index (χ1v) is 8.72. The molecule has 0 atom stereocenters. The number of amides is 1. The quantitative estimate of drug-likeness (QED) is 0.661. The number of nitrogens with zero attached hydrogens (tertiary/aromatic N) is 3. The Morgan fingerprint density at radius 3 is 2.84 bits per heavy atom. The van der Waals surface area contributed by atoms with Crippen LogP contribution in [0.4, 0.5) is 0 Å². The van der Waals surface area contributed by atoms with E-state index in [2.05, 4.69) is 15.4 Å². The van der Waals surface area contributed by atoms with E-state index in [9.17, 15) is 4.79 Å². The summed E-state index contributed by atoms with van der Waals surface area (Å²) in [6.45, 7) is 0.461. The molecule has 1 amide bonds. The van der Waals surface area contributed by atoms with E-state index in [0.29, 0.717) is 11.7 Å². The first-order chi connectivity index (χ1) is 12.2. The zero-order chi connectivity index (χ0) is 17.5. The second-order valence-corrected chi connectivity index (χ2v) is 6.17. The summed E-state index contributed by atoms with van der Waals surface area (Å²) in [7, 11) is 1.62. The molecule has 0 aliphatic carbocycles. The van der Waals surface area contributed by atoms with Gasteiger partial charge >= 0.3 is 0 Å². The van der Waals surface area contributed by atoms with Gasteiger partial charge in [-0.25, -0.2) is 9.67 Å². The molecule has 0 aliphatic heterocycles. The number of benzene rings is 2. The maximum Gasteiger partial charge on any atom is 0.230 e. The lowest BCUT2D eigenvalue weighted by Gasteiger charge is -2.06. The van der Waals surface area contributed by atoms with Crippen LogP contribution in [-0.2, 0) is 11.3 Å². The maximum atomic E-state index is 12.0. The molecule has 0 aliphatic rings. The molecule has 0 saturated heterocycles. The molecule has 2 aromatic carbocycles. The lowest BCUT2D eigenvalue weighted by molar-refractivity contribution is -0.118. The molecule has 1 heterocycles. The molecule has 3 aromatic rings. The van der Waals surface area contributed by atoms with Crippen LogP contribution in [0.5, 0.6) is 5.75 Å². The van der Waals surface area contributed by atoms with Gasteiger partial charge in [0.2, 0.25) is 11.1 Å². The smallest absolute Gasteiger partial charge is 0.230 e. The molecular formula is C18H18N4O2S. The number of nitrogens with one attached hydrogen (secondary N) is 1. The largest absolute Gasteiger partial charge is 0.497 e. The van der Waals surface area contributed by atoms with Gasteiger partial charge in [-0.1, -0.05) is 42.1 Å². The Kier molecular flexibility index (Phi) is 5.69. The van der Waals surface area contributed by atoms with Gasteiger partial charge in [0.05, 0.1) is 18.6 Å². The number of carbonyl (C=O) groups excluding carboxylic acids is 1. The van der Waals surface area contributed by atoms with Gasteiger partial charge in [0.25, 0.3) is 0 Å². The molecule has 0 radical (unpaired) electrons. The lowest BCUT2D eigenvalue weighted by atomic mass is 10.2. The van der Waals surface area contributed by atoms with Crippen LogP contribution in [0.3, 0.4) is 0 Å². The third kappa shape index (κ3) is 4.84. The van der Waals surface area contributed by atoms with Crippen molar-refractivity contribution in [2.24, 2.45) is 0 Å². The van der Waals surface area contributed by atoms with Crippen LogP contribution < -0.4 is 10.1 Å². The van der Waals surface area contributed by atoms with E-state index < -0.39 is 0 Å². The van der Waals surface area contributed by atoms with Crippen molar-refractivity contribution in [1.29, 1.82) is 0 Å². The van der Waals surface area contributed by atoms with Crippen LogP contribution in [0.2, 0.25) is 0 Å². The molecular weight excluding hydrogens is 336 g/mol. The zero-order valence-electron chi connectivity index (χ0n) is 13.8. The van der Waals surface area contributed by atoms with Crippen LogP contribution in [0.15, 0.2) is 66.1 Å². The molecule has 0 saturated carbocycles. The third-order valence-electron chi connectivity index (χ3n) is 3.45. The fourth-order valence-corrected chi connectivity index (χ4v) is 2.81. The average molecular weight is 354 g/mol. The number of rotatable bonds is 7. The summed E-state index contributed by atoms with van der Waals surface area (Å²) in [5, 5.41) is 7.82. The van der Waals surface area contributed by atoms with E-state index in [4.69, 9.17) is 4.74 Å². The van der Waals surface area contributed by atoms with Gasteiger partial charge in [-0.15, -0.1) is 5.10 Å². The third-order valence-corrected chi connectivity index (χ3v) is 4.30. The summed E-state index contributed by atoms with van der Waals surface area (Å²) in [4.78, 5) is 16.2. The Bertz CT molecular complexity index is 836. The normalized spacial score (nSPS) is 10.4. The highest BCUT2D eigenvalue weighted by Gasteiger charge is 2.07. The van der Waals surface area contributed by atoms with Gasteiger partial charge in [-0.3, -0.25) is 4.79 Å². The highest BCUT2D eigenvalue weighted by atomic mass is 32.2. The number of hydrogen-bond acceptors (Lipinski definition) is 5. The molecule has 1 N–H and O–H groups in total. The first-order valence-electron chi connectivity index (χ1n) is 7.74. The van der Waals surface area contributed by atoms with Crippen LogP contribution in [0, 0.1) is 0 Å². The standard InChI is InChI=1S/C18H18N4O2S/c1-24-16-9-5-6-14(10-16)11-19-17(23)12-25-18-20-13-22(21-18)15-7-3-2-4-8-15/h2-10,13H,11-12H2,1H3,(H,19,23). The zero-order valence-corrected chi connectivity index (χ0v) is 14.6. The number of carbonyl (C=O) groups is 1. The first kappa shape index (κ1) is 17.0. The number of methoxy groups -OCH3 is 1. The fourth-order valence-electron chi connectivity index (χ4n) is 2.18. The summed E-state index contributed by atoms with van der Waals surface area (Å²) in [5.41, 5.74) is 1.92. The van der Waals surface area contributed by atoms with Gasteiger partial charge in [0, 0.05) is 6.54 Å². The molecule has 6 nitrogen and oxygen atoms in total. The highest BCUT2D eigenvalue weighted by molar-refractivity contribution is 7.99. The Balaban J connectivity index is 1.48. The van der Waals surface area contributed by atoms with Gasteiger partial charge < -0.3 is 10.1 Å². The highest BCUT2D eigenvalue weighted by Crippen LogP contribution is 2.15. The van der Waals surface area contributed by atoms with Crippen molar-refractivity contribution < 1.29 is 9.53 Å². The van der Waals surface area contributed by atoms with Crippen molar-refractivity contribution in [3.05, 3.63) is 66.5 Å². The van der Waals surface area contributed by atoms with E-state index in [1.165, 1.54) is 11.8 Å². The van der Waals surface area contributed by atoms with Gasteiger partial charge in [-0.05, 0) is 29.8 Å². The fraction of sp³-hybridized carbons (Fsp3) is 0.167. The average Bonchev–Trinajstić information content (AvgIpc) is 3.15. The summed E-state index contributed by atoms with van der Waals surface area (Å²) < 4.78 is 6.86. The maximum absolute atomic E-state index is 12.0. The monoisotopic (exact) mass is 354 g/mol. The minimum atomic E-state index is -0.0659. The number of aromatic nitrogens is 3. The molecule has 7 heteroatoms. The van der Waals surface area contributed by atoms with Crippen LogP contribution in [0.1, 0.15) is 5.56 Å². The molecule has 1 aromatic heterocycles. The number of para-hydroxylation sites is 1.